The Bertz CT molecular complexity index is 440. The summed E-state index contributed by atoms with van der Waals surface area (Å²) in [7, 11) is 0. The van der Waals surface area contributed by atoms with Crippen molar-refractivity contribution in [2.24, 2.45) is 0 Å². The lowest BCUT2D eigenvalue weighted by atomic mass is 10.2. The van der Waals surface area contributed by atoms with Gasteiger partial charge in [-0.25, -0.2) is 0 Å². The van der Waals surface area contributed by atoms with Gasteiger partial charge in [-0.1, -0.05) is 11.6 Å². The van der Waals surface area contributed by atoms with E-state index in [1.807, 2.05) is 12.1 Å². The Morgan fingerprint density at radius 1 is 1.27 bits per heavy atom. The zero-order chi connectivity index (χ0) is 10.7. The van der Waals surface area contributed by atoms with Crippen LogP contribution >= 0.6 is 24.2 Å². The Morgan fingerprint density at radius 3 is 2.67 bits per heavy atom. The van der Waals surface area contributed by atoms with E-state index >= 15 is 0 Å². The van der Waals surface area contributed by atoms with Crippen molar-refractivity contribution in [1.82, 2.24) is 20.2 Å². The van der Waals surface area contributed by atoms with Gasteiger partial charge in [0.05, 0.1) is 6.54 Å². The molecular formula is C9H9ClN4S. The minimum Gasteiger partial charge on any atom is -0.177 e. The van der Waals surface area contributed by atoms with Gasteiger partial charge in [-0.05, 0) is 29.5 Å². The second kappa shape index (κ2) is 4.63. The first-order valence-electron chi connectivity index (χ1n) is 4.44. The molecule has 0 fully saturated rings. The molecule has 6 heteroatoms. The van der Waals surface area contributed by atoms with Crippen molar-refractivity contribution in [2.75, 3.05) is 5.75 Å². The molecule has 0 bridgehead atoms. The van der Waals surface area contributed by atoms with E-state index < -0.39 is 0 Å². The summed E-state index contributed by atoms with van der Waals surface area (Å²) < 4.78 is 0. The minimum absolute atomic E-state index is 0.605. The van der Waals surface area contributed by atoms with E-state index in [0.29, 0.717) is 23.1 Å². The molecule has 1 aromatic heterocycles. The predicted molar refractivity (Wildman–Crippen MR) is 62.1 cm³/mol. The molecule has 1 heterocycles. The third-order valence-corrected chi connectivity index (χ3v) is 2.31. The van der Waals surface area contributed by atoms with Gasteiger partial charge in [-0.15, -0.1) is 10.2 Å². The minimum atomic E-state index is 0.605. The van der Waals surface area contributed by atoms with Gasteiger partial charge in [0, 0.05) is 16.3 Å². The highest BCUT2D eigenvalue weighted by Crippen LogP contribution is 2.16. The fraction of sp³-hybridized carbons (Fsp3) is 0.222. The normalized spacial score (nSPS) is 10.5. The monoisotopic (exact) mass is 240 g/mol. The van der Waals surface area contributed by atoms with E-state index in [-0.39, 0.29) is 0 Å². The average Bonchev–Trinajstić information content (AvgIpc) is 2.68. The molecule has 0 aliphatic carbocycles. The van der Waals surface area contributed by atoms with Crippen molar-refractivity contribution in [2.45, 2.75) is 6.54 Å². The van der Waals surface area contributed by atoms with Gasteiger partial charge in [0.1, 0.15) is 0 Å². The average molecular weight is 241 g/mol. The zero-order valence-corrected chi connectivity index (χ0v) is 9.49. The molecule has 0 aliphatic heterocycles. The number of rotatable bonds is 3. The molecule has 0 spiro atoms. The highest BCUT2D eigenvalue weighted by atomic mass is 35.5. The first-order valence-corrected chi connectivity index (χ1v) is 5.45. The van der Waals surface area contributed by atoms with Crippen molar-refractivity contribution in [3.63, 3.8) is 0 Å². The standard InChI is InChI=1S/C9H9ClN4S/c10-8-3-1-7(2-4-8)9-11-13-14(12-9)5-6-15/h1-4,15H,5-6H2. The third kappa shape index (κ3) is 2.49. The second-order valence-electron chi connectivity index (χ2n) is 2.94. The van der Waals surface area contributed by atoms with E-state index in [1.165, 1.54) is 4.80 Å². The zero-order valence-electron chi connectivity index (χ0n) is 7.84. The van der Waals surface area contributed by atoms with Gasteiger partial charge in [0.15, 0.2) is 0 Å². The summed E-state index contributed by atoms with van der Waals surface area (Å²) in [4.78, 5) is 1.52. The highest BCUT2D eigenvalue weighted by molar-refractivity contribution is 7.80. The largest absolute Gasteiger partial charge is 0.204 e. The number of hydrogen-bond donors (Lipinski definition) is 1. The van der Waals surface area contributed by atoms with Gasteiger partial charge >= 0.3 is 0 Å². The van der Waals surface area contributed by atoms with Crippen LogP contribution in [-0.4, -0.2) is 26.0 Å². The number of tetrazole rings is 1. The summed E-state index contributed by atoms with van der Waals surface area (Å²) in [5, 5.41) is 12.7. The van der Waals surface area contributed by atoms with Crippen molar-refractivity contribution in [1.29, 1.82) is 0 Å². The van der Waals surface area contributed by atoms with Crippen LogP contribution in [0, 0.1) is 0 Å². The first-order chi connectivity index (χ1) is 7.29. The number of hydrogen-bond acceptors (Lipinski definition) is 4. The van der Waals surface area contributed by atoms with E-state index in [1.54, 1.807) is 12.1 Å². The van der Waals surface area contributed by atoms with E-state index in [4.69, 9.17) is 11.6 Å². The molecule has 0 radical (unpaired) electrons. The summed E-state index contributed by atoms with van der Waals surface area (Å²) in [5.41, 5.74) is 0.907. The van der Waals surface area contributed by atoms with Crippen LogP contribution in [-0.2, 0) is 6.54 Å². The Kier molecular flexibility index (Phi) is 3.23. The van der Waals surface area contributed by atoms with Crippen LogP contribution in [0.15, 0.2) is 24.3 Å². The van der Waals surface area contributed by atoms with Crippen molar-refractivity contribution in [3.05, 3.63) is 29.3 Å². The van der Waals surface area contributed by atoms with E-state index in [0.717, 1.165) is 5.56 Å². The molecule has 0 saturated heterocycles. The lowest BCUT2D eigenvalue weighted by Gasteiger charge is -1.94. The molecule has 78 valence electrons. The quantitative estimate of drug-likeness (QED) is 0.834. The Hall–Kier alpha value is -1.07. The molecule has 2 aromatic rings. The van der Waals surface area contributed by atoms with Crippen LogP contribution < -0.4 is 0 Å². The summed E-state index contributed by atoms with van der Waals surface area (Å²) in [5.74, 6) is 1.30. The molecule has 2 rings (SSSR count). The smallest absolute Gasteiger partial charge is 0.177 e. The lowest BCUT2D eigenvalue weighted by Crippen LogP contribution is -2.03. The van der Waals surface area contributed by atoms with Gasteiger partial charge in [0.25, 0.3) is 0 Å². The summed E-state index contributed by atoms with van der Waals surface area (Å²) in [6.07, 6.45) is 0. The second-order valence-corrected chi connectivity index (χ2v) is 3.82. The SMILES string of the molecule is SCCn1nnc(-c2ccc(Cl)cc2)n1. The third-order valence-electron chi connectivity index (χ3n) is 1.86. The number of aryl methyl sites for hydroxylation is 1. The topological polar surface area (TPSA) is 43.6 Å². The Morgan fingerprint density at radius 2 is 2.00 bits per heavy atom. The molecule has 0 aliphatic rings. The molecule has 15 heavy (non-hydrogen) atoms. The van der Waals surface area contributed by atoms with Crippen LogP contribution in [0.1, 0.15) is 0 Å². The van der Waals surface area contributed by atoms with Gasteiger partial charge in [-0.2, -0.15) is 17.4 Å². The van der Waals surface area contributed by atoms with Crippen molar-refractivity contribution in [3.8, 4) is 11.4 Å². The van der Waals surface area contributed by atoms with Gasteiger partial charge < -0.3 is 0 Å². The summed E-state index contributed by atoms with van der Waals surface area (Å²) >= 11 is 9.88. The number of halogens is 1. The number of thiol groups is 1. The van der Waals surface area contributed by atoms with Crippen molar-refractivity contribution < 1.29 is 0 Å². The maximum atomic E-state index is 5.78. The fourth-order valence-electron chi connectivity index (χ4n) is 1.14. The molecule has 0 saturated carbocycles. The molecule has 4 nitrogen and oxygen atoms in total. The molecule has 1 aromatic carbocycles. The van der Waals surface area contributed by atoms with E-state index in [2.05, 4.69) is 28.0 Å². The molecule has 0 atom stereocenters. The first kappa shape index (κ1) is 10.4. The van der Waals surface area contributed by atoms with E-state index in [9.17, 15) is 0 Å². The molecule has 0 unspecified atom stereocenters. The Labute approximate surface area is 97.7 Å². The fourth-order valence-corrected chi connectivity index (χ4v) is 1.45. The van der Waals surface area contributed by atoms with Gasteiger partial charge in [0.2, 0.25) is 5.82 Å². The van der Waals surface area contributed by atoms with Crippen LogP contribution in [0.5, 0.6) is 0 Å². The Balaban J connectivity index is 2.25. The maximum Gasteiger partial charge on any atom is 0.204 e. The molecular weight excluding hydrogens is 232 g/mol. The number of nitrogens with zero attached hydrogens (tertiary/aromatic N) is 4. The summed E-state index contributed by atoms with van der Waals surface area (Å²) in [6, 6.07) is 7.33. The predicted octanol–water partition coefficient (Wildman–Crippen LogP) is 1.92. The summed E-state index contributed by atoms with van der Waals surface area (Å²) in [6.45, 7) is 0.656. The highest BCUT2D eigenvalue weighted by Gasteiger charge is 2.04. The maximum absolute atomic E-state index is 5.78. The van der Waals surface area contributed by atoms with Crippen LogP contribution in [0.3, 0.4) is 0 Å². The van der Waals surface area contributed by atoms with Crippen LogP contribution in [0.4, 0.5) is 0 Å². The molecule has 0 N–H and O–H groups in total. The number of aromatic nitrogens is 4. The van der Waals surface area contributed by atoms with Crippen LogP contribution in [0.2, 0.25) is 5.02 Å². The molecule has 0 amide bonds. The lowest BCUT2D eigenvalue weighted by molar-refractivity contribution is 0.558. The van der Waals surface area contributed by atoms with Crippen LogP contribution in [0.25, 0.3) is 11.4 Å². The number of benzene rings is 1. The van der Waals surface area contributed by atoms with Crippen molar-refractivity contribution >= 4 is 24.2 Å². The van der Waals surface area contributed by atoms with Gasteiger partial charge in [-0.3, -0.25) is 0 Å².